The highest BCUT2D eigenvalue weighted by molar-refractivity contribution is 9.10. The first kappa shape index (κ1) is 11.0. The van der Waals surface area contributed by atoms with Crippen LogP contribution in [0.4, 0.5) is 4.39 Å². The van der Waals surface area contributed by atoms with E-state index in [0.29, 0.717) is 36.1 Å². The van der Waals surface area contributed by atoms with Crippen LogP contribution < -0.4 is 0 Å². The Morgan fingerprint density at radius 2 is 2.00 bits per heavy atom. The van der Waals surface area contributed by atoms with Crippen molar-refractivity contribution in [3.63, 3.8) is 0 Å². The third kappa shape index (κ3) is 2.22. The largest absolute Gasteiger partial charge is 0.385 e. The molecule has 0 amide bonds. The van der Waals surface area contributed by atoms with Gasteiger partial charge in [0.1, 0.15) is 5.82 Å². The number of hydrogen-bond donors (Lipinski definition) is 1. The summed E-state index contributed by atoms with van der Waals surface area (Å²) in [5.74, 6) is -0.340. The molecule has 1 aliphatic heterocycles. The van der Waals surface area contributed by atoms with E-state index in [1.807, 2.05) is 0 Å². The van der Waals surface area contributed by atoms with Gasteiger partial charge < -0.3 is 9.84 Å². The van der Waals surface area contributed by atoms with Crippen LogP contribution in [0.2, 0.25) is 0 Å². The van der Waals surface area contributed by atoms with Crippen LogP contribution in [0.1, 0.15) is 18.4 Å². The predicted molar refractivity (Wildman–Crippen MR) is 58.0 cm³/mol. The van der Waals surface area contributed by atoms with Crippen molar-refractivity contribution in [2.75, 3.05) is 13.2 Å². The van der Waals surface area contributed by atoms with E-state index in [0.717, 1.165) is 0 Å². The van der Waals surface area contributed by atoms with Crippen LogP contribution in [0.3, 0.4) is 0 Å². The molecule has 0 bridgehead atoms. The van der Waals surface area contributed by atoms with Crippen LogP contribution in [0, 0.1) is 5.82 Å². The standard InChI is InChI=1S/C11H12BrFO2/c12-9-2-1-8(7-10(9)13)11(14)3-5-15-6-4-11/h1-2,7,14H,3-6H2. The second kappa shape index (κ2) is 4.20. The SMILES string of the molecule is OC1(c2ccc(Br)c(F)c2)CCOCC1. The van der Waals surface area contributed by atoms with E-state index in [1.165, 1.54) is 6.07 Å². The zero-order valence-electron chi connectivity index (χ0n) is 8.17. The van der Waals surface area contributed by atoms with E-state index < -0.39 is 5.60 Å². The first-order valence-corrected chi connectivity index (χ1v) is 5.67. The van der Waals surface area contributed by atoms with Gasteiger partial charge in [-0.15, -0.1) is 0 Å². The summed E-state index contributed by atoms with van der Waals surface area (Å²) in [6.07, 6.45) is 1.04. The van der Waals surface area contributed by atoms with Gasteiger partial charge in [0.25, 0.3) is 0 Å². The molecule has 2 rings (SSSR count). The fourth-order valence-corrected chi connectivity index (χ4v) is 2.03. The van der Waals surface area contributed by atoms with Crippen molar-refractivity contribution in [3.8, 4) is 0 Å². The van der Waals surface area contributed by atoms with Crippen molar-refractivity contribution < 1.29 is 14.2 Å². The van der Waals surface area contributed by atoms with Gasteiger partial charge in [-0.25, -0.2) is 4.39 Å². The number of benzene rings is 1. The van der Waals surface area contributed by atoms with Crippen LogP contribution in [0.25, 0.3) is 0 Å². The average molecular weight is 275 g/mol. The molecule has 0 spiro atoms. The van der Waals surface area contributed by atoms with Crippen molar-refractivity contribution in [1.29, 1.82) is 0 Å². The van der Waals surface area contributed by atoms with Gasteiger partial charge in [-0.2, -0.15) is 0 Å². The lowest BCUT2D eigenvalue weighted by atomic mass is 9.86. The maximum absolute atomic E-state index is 13.3. The number of ether oxygens (including phenoxy) is 1. The Hall–Kier alpha value is -0.450. The Morgan fingerprint density at radius 1 is 1.33 bits per heavy atom. The minimum absolute atomic E-state index is 0.340. The fourth-order valence-electron chi connectivity index (χ4n) is 1.78. The Kier molecular flexibility index (Phi) is 3.09. The second-order valence-electron chi connectivity index (χ2n) is 3.77. The summed E-state index contributed by atoms with van der Waals surface area (Å²) in [6, 6.07) is 4.76. The molecule has 2 nitrogen and oxygen atoms in total. The van der Waals surface area contributed by atoms with Gasteiger partial charge in [0.2, 0.25) is 0 Å². The summed E-state index contributed by atoms with van der Waals surface area (Å²) >= 11 is 3.09. The lowest BCUT2D eigenvalue weighted by molar-refractivity contribution is -0.0680. The maximum Gasteiger partial charge on any atom is 0.137 e. The fraction of sp³-hybridized carbons (Fsp3) is 0.455. The highest BCUT2D eigenvalue weighted by atomic mass is 79.9. The lowest BCUT2D eigenvalue weighted by Gasteiger charge is -2.32. The normalized spacial score (nSPS) is 20.2. The van der Waals surface area contributed by atoms with Crippen LogP contribution in [0.5, 0.6) is 0 Å². The van der Waals surface area contributed by atoms with E-state index in [9.17, 15) is 9.50 Å². The predicted octanol–water partition coefficient (Wildman–Crippen LogP) is 2.59. The van der Waals surface area contributed by atoms with Gasteiger partial charge in [-0.05, 0) is 33.6 Å². The smallest absolute Gasteiger partial charge is 0.137 e. The van der Waals surface area contributed by atoms with E-state index in [4.69, 9.17) is 4.74 Å². The first-order chi connectivity index (χ1) is 7.12. The van der Waals surface area contributed by atoms with Gasteiger partial charge in [-0.3, -0.25) is 0 Å². The second-order valence-corrected chi connectivity index (χ2v) is 4.63. The van der Waals surface area contributed by atoms with Crippen molar-refractivity contribution in [2.24, 2.45) is 0 Å². The summed E-state index contributed by atoms with van der Waals surface area (Å²) in [5, 5.41) is 10.3. The van der Waals surface area contributed by atoms with Gasteiger partial charge in [0, 0.05) is 26.1 Å². The van der Waals surface area contributed by atoms with E-state index in [-0.39, 0.29) is 5.82 Å². The third-order valence-electron chi connectivity index (χ3n) is 2.78. The molecule has 1 heterocycles. The molecular formula is C11H12BrFO2. The summed E-state index contributed by atoms with van der Waals surface area (Å²) in [7, 11) is 0. The van der Waals surface area contributed by atoms with Crippen LogP contribution in [0.15, 0.2) is 22.7 Å². The first-order valence-electron chi connectivity index (χ1n) is 4.87. The molecule has 4 heteroatoms. The molecule has 0 aliphatic carbocycles. The Bertz CT molecular complexity index is 362. The topological polar surface area (TPSA) is 29.5 Å². The Balaban J connectivity index is 2.31. The monoisotopic (exact) mass is 274 g/mol. The minimum atomic E-state index is -0.931. The molecular weight excluding hydrogens is 263 g/mol. The lowest BCUT2D eigenvalue weighted by Crippen LogP contribution is -2.33. The van der Waals surface area contributed by atoms with Gasteiger partial charge in [-0.1, -0.05) is 6.07 Å². The molecule has 0 aromatic heterocycles. The molecule has 1 aromatic carbocycles. The third-order valence-corrected chi connectivity index (χ3v) is 3.42. The summed E-state index contributed by atoms with van der Waals surface area (Å²) < 4.78 is 18.9. The average Bonchev–Trinajstić information content (AvgIpc) is 2.23. The molecule has 0 saturated carbocycles. The minimum Gasteiger partial charge on any atom is -0.385 e. The molecule has 1 aromatic rings. The summed E-state index contributed by atoms with van der Waals surface area (Å²) in [4.78, 5) is 0. The van der Waals surface area contributed by atoms with Crippen LogP contribution in [-0.4, -0.2) is 18.3 Å². The Morgan fingerprint density at radius 3 is 2.60 bits per heavy atom. The van der Waals surface area contributed by atoms with E-state index in [2.05, 4.69) is 15.9 Å². The van der Waals surface area contributed by atoms with Gasteiger partial charge in [0.15, 0.2) is 0 Å². The molecule has 1 N–H and O–H groups in total. The van der Waals surface area contributed by atoms with E-state index in [1.54, 1.807) is 12.1 Å². The highest BCUT2D eigenvalue weighted by Gasteiger charge is 2.32. The molecule has 1 saturated heterocycles. The van der Waals surface area contributed by atoms with Crippen molar-refractivity contribution in [2.45, 2.75) is 18.4 Å². The Labute approximate surface area is 96.2 Å². The number of rotatable bonds is 1. The van der Waals surface area contributed by atoms with Crippen molar-refractivity contribution in [1.82, 2.24) is 0 Å². The van der Waals surface area contributed by atoms with Crippen LogP contribution >= 0.6 is 15.9 Å². The molecule has 1 aliphatic rings. The molecule has 15 heavy (non-hydrogen) atoms. The molecule has 82 valence electrons. The zero-order valence-corrected chi connectivity index (χ0v) is 9.76. The summed E-state index contributed by atoms with van der Waals surface area (Å²) in [5.41, 5.74) is -0.300. The summed E-state index contributed by atoms with van der Waals surface area (Å²) in [6.45, 7) is 1.04. The number of hydrogen-bond acceptors (Lipinski definition) is 2. The zero-order chi connectivity index (χ0) is 10.9. The molecule has 1 fully saturated rings. The van der Waals surface area contributed by atoms with E-state index >= 15 is 0 Å². The molecule has 0 atom stereocenters. The molecule has 0 radical (unpaired) electrons. The van der Waals surface area contributed by atoms with Gasteiger partial charge in [0.05, 0.1) is 10.1 Å². The maximum atomic E-state index is 13.3. The number of aliphatic hydroxyl groups is 1. The van der Waals surface area contributed by atoms with Crippen LogP contribution in [-0.2, 0) is 10.3 Å². The van der Waals surface area contributed by atoms with Crippen molar-refractivity contribution in [3.05, 3.63) is 34.1 Å². The number of halogens is 2. The van der Waals surface area contributed by atoms with Crippen molar-refractivity contribution >= 4 is 15.9 Å². The highest BCUT2D eigenvalue weighted by Crippen LogP contribution is 2.33. The quantitative estimate of drug-likeness (QED) is 0.853. The van der Waals surface area contributed by atoms with Gasteiger partial charge >= 0.3 is 0 Å². The molecule has 0 unspecified atom stereocenters.